The molecule has 0 fully saturated rings. The van der Waals surface area contributed by atoms with Crippen molar-refractivity contribution in [3.05, 3.63) is 12.2 Å². The molecule has 2 nitrogen and oxygen atoms in total. The van der Waals surface area contributed by atoms with Gasteiger partial charge in [-0.25, -0.2) is 0 Å². The summed E-state index contributed by atoms with van der Waals surface area (Å²) in [5, 5.41) is 12.2. The molecule has 0 spiro atoms. The van der Waals surface area contributed by atoms with Crippen LogP contribution in [0.15, 0.2) is 12.2 Å². The van der Waals surface area contributed by atoms with Gasteiger partial charge in [0.05, 0.1) is 0 Å². The molecule has 1 aliphatic carbocycles. The minimum atomic E-state index is 0.282. The number of nitrogens with one attached hydrogen (secondary N) is 1. The van der Waals surface area contributed by atoms with Crippen LogP contribution in [-0.4, -0.2) is 23.8 Å². The normalized spacial score (nSPS) is 25.7. The topological polar surface area (TPSA) is 32.3 Å². The van der Waals surface area contributed by atoms with Crippen LogP contribution in [0.25, 0.3) is 0 Å². The van der Waals surface area contributed by atoms with Crippen LogP contribution < -0.4 is 5.32 Å². The quantitative estimate of drug-likeness (QED) is 0.624. The highest BCUT2D eigenvalue weighted by Gasteiger charge is 2.10. The molecule has 2 atom stereocenters. The lowest BCUT2D eigenvalue weighted by atomic mass is 10.0. The Kier molecular flexibility index (Phi) is 4.33. The van der Waals surface area contributed by atoms with Crippen LogP contribution >= 0.6 is 0 Å². The zero-order valence-electron chi connectivity index (χ0n) is 7.79. The maximum absolute atomic E-state index is 8.71. The zero-order valence-corrected chi connectivity index (χ0v) is 7.79. The Morgan fingerprint density at radius 1 is 1.67 bits per heavy atom. The molecule has 0 aliphatic heterocycles. The van der Waals surface area contributed by atoms with E-state index in [0.717, 1.165) is 6.42 Å². The fourth-order valence-corrected chi connectivity index (χ4v) is 1.59. The maximum atomic E-state index is 8.71. The first-order valence-electron chi connectivity index (χ1n) is 4.86. The minimum absolute atomic E-state index is 0.282. The van der Waals surface area contributed by atoms with Gasteiger partial charge in [-0.05, 0) is 32.6 Å². The number of hydrogen-bond donors (Lipinski definition) is 2. The van der Waals surface area contributed by atoms with Crippen LogP contribution in [0.1, 0.15) is 32.6 Å². The molecule has 1 rings (SSSR count). The van der Waals surface area contributed by atoms with Gasteiger partial charge in [0.15, 0.2) is 0 Å². The summed E-state index contributed by atoms with van der Waals surface area (Å²) in [4.78, 5) is 0. The lowest BCUT2D eigenvalue weighted by molar-refractivity contribution is 0.264. The monoisotopic (exact) mass is 169 g/mol. The molecule has 0 radical (unpaired) electrons. The molecule has 2 N–H and O–H groups in total. The van der Waals surface area contributed by atoms with Gasteiger partial charge in [-0.3, -0.25) is 0 Å². The maximum Gasteiger partial charge on any atom is 0.0445 e. The molecule has 0 saturated heterocycles. The number of allylic oxidation sites excluding steroid dienone is 1. The summed E-state index contributed by atoms with van der Waals surface area (Å²) < 4.78 is 0. The Hall–Kier alpha value is -0.340. The van der Waals surface area contributed by atoms with Crippen LogP contribution in [0.4, 0.5) is 0 Å². The van der Waals surface area contributed by atoms with E-state index < -0.39 is 0 Å². The number of aliphatic hydroxyl groups is 1. The summed E-state index contributed by atoms with van der Waals surface area (Å²) in [5.74, 6) is 0. The standard InChI is InChI=1S/C10H19NO/c1-9(7-8-12)11-10-5-3-2-4-6-10/h3,5,9-12H,2,4,6-8H2,1H3. The summed E-state index contributed by atoms with van der Waals surface area (Å²) in [6, 6.07) is 0.975. The molecule has 2 heteroatoms. The summed E-state index contributed by atoms with van der Waals surface area (Å²) in [7, 11) is 0. The Labute approximate surface area is 74.7 Å². The summed E-state index contributed by atoms with van der Waals surface area (Å²) in [5.41, 5.74) is 0. The van der Waals surface area contributed by atoms with Gasteiger partial charge in [0.2, 0.25) is 0 Å². The molecule has 0 aromatic rings. The SMILES string of the molecule is CC(CCO)NC1C=CCCC1. The van der Waals surface area contributed by atoms with E-state index in [-0.39, 0.29) is 6.61 Å². The van der Waals surface area contributed by atoms with Gasteiger partial charge in [-0.2, -0.15) is 0 Å². The summed E-state index contributed by atoms with van der Waals surface area (Å²) >= 11 is 0. The van der Waals surface area contributed by atoms with Crippen molar-refractivity contribution in [2.75, 3.05) is 6.61 Å². The molecular formula is C10H19NO. The second kappa shape index (κ2) is 5.33. The molecule has 0 aromatic carbocycles. The Balaban J connectivity index is 2.20. The average Bonchev–Trinajstić information content (AvgIpc) is 2.06. The predicted molar refractivity (Wildman–Crippen MR) is 51.1 cm³/mol. The van der Waals surface area contributed by atoms with Crippen LogP contribution in [0.3, 0.4) is 0 Å². The Bertz CT molecular complexity index is 145. The van der Waals surface area contributed by atoms with Crippen LogP contribution in [-0.2, 0) is 0 Å². The van der Waals surface area contributed by atoms with Gasteiger partial charge in [0.25, 0.3) is 0 Å². The van der Waals surface area contributed by atoms with Gasteiger partial charge < -0.3 is 10.4 Å². The Morgan fingerprint density at radius 2 is 2.50 bits per heavy atom. The van der Waals surface area contributed by atoms with E-state index in [2.05, 4.69) is 24.4 Å². The van der Waals surface area contributed by atoms with Gasteiger partial charge >= 0.3 is 0 Å². The van der Waals surface area contributed by atoms with Gasteiger partial charge in [-0.1, -0.05) is 12.2 Å². The van der Waals surface area contributed by atoms with Gasteiger partial charge in [0, 0.05) is 18.7 Å². The molecule has 70 valence electrons. The van der Waals surface area contributed by atoms with Crippen molar-refractivity contribution in [3.8, 4) is 0 Å². The van der Waals surface area contributed by atoms with Gasteiger partial charge in [-0.15, -0.1) is 0 Å². The molecule has 0 amide bonds. The van der Waals surface area contributed by atoms with E-state index in [9.17, 15) is 0 Å². The summed E-state index contributed by atoms with van der Waals surface area (Å²) in [6.07, 6.45) is 9.10. The first kappa shape index (κ1) is 9.75. The fraction of sp³-hybridized carbons (Fsp3) is 0.800. The lowest BCUT2D eigenvalue weighted by Gasteiger charge is -2.22. The van der Waals surface area contributed by atoms with Crippen molar-refractivity contribution in [2.24, 2.45) is 0 Å². The highest BCUT2D eigenvalue weighted by Crippen LogP contribution is 2.10. The molecule has 0 aromatic heterocycles. The van der Waals surface area contributed by atoms with Crippen molar-refractivity contribution in [1.82, 2.24) is 5.32 Å². The van der Waals surface area contributed by atoms with Crippen LogP contribution in [0.5, 0.6) is 0 Å². The zero-order chi connectivity index (χ0) is 8.81. The van der Waals surface area contributed by atoms with E-state index in [1.807, 2.05) is 0 Å². The molecular weight excluding hydrogens is 150 g/mol. The second-order valence-corrected chi connectivity index (χ2v) is 3.55. The third-order valence-electron chi connectivity index (χ3n) is 2.32. The highest BCUT2D eigenvalue weighted by molar-refractivity contribution is 4.98. The van der Waals surface area contributed by atoms with E-state index in [1.54, 1.807) is 0 Å². The van der Waals surface area contributed by atoms with Crippen molar-refractivity contribution in [3.63, 3.8) is 0 Å². The van der Waals surface area contributed by atoms with E-state index in [4.69, 9.17) is 5.11 Å². The van der Waals surface area contributed by atoms with E-state index in [1.165, 1.54) is 19.3 Å². The van der Waals surface area contributed by atoms with Crippen molar-refractivity contribution < 1.29 is 5.11 Å². The van der Waals surface area contributed by atoms with E-state index in [0.29, 0.717) is 12.1 Å². The van der Waals surface area contributed by atoms with E-state index >= 15 is 0 Å². The lowest BCUT2D eigenvalue weighted by Crippen LogP contribution is -2.36. The second-order valence-electron chi connectivity index (χ2n) is 3.55. The predicted octanol–water partition coefficient (Wildman–Crippen LogP) is 1.46. The third kappa shape index (κ3) is 3.37. The summed E-state index contributed by atoms with van der Waals surface area (Å²) in [6.45, 7) is 2.41. The van der Waals surface area contributed by atoms with Crippen molar-refractivity contribution in [2.45, 2.75) is 44.7 Å². The number of rotatable bonds is 4. The fourth-order valence-electron chi connectivity index (χ4n) is 1.59. The molecule has 0 bridgehead atoms. The first-order chi connectivity index (χ1) is 5.83. The largest absolute Gasteiger partial charge is 0.396 e. The van der Waals surface area contributed by atoms with Crippen LogP contribution in [0, 0.1) is 0 Å². The first-order valence-corrected chi connectivity index (χ1v) is 4.86. The smallest absolute Gasteiger partial charge is 0.0445 e. The minimum Gasteiger partial charge on any atom is -0.396 e. The number of hydrogen-bond acceptors (Lipinski definition) is 2. The molecule has 12 heavy (non-hydrogen) atoms. The number of aliphatic hydroxyl groups excluding tert-OH is 1. The average molecular weight is 169 g/mol. The molecule has 0 saturated carbocycles. The third-order valence-corrected chi connectivity index (χ3v) is 2.32. The van der Waals surface area contributed by atoms with Gasteiger partial charge in [0.1, 0.15) is 0 Å². The molecule has 2 unspecified atom stereocenters. The van der Waals surface area contributed by atoms with Crippen molar-refractivity contribution >= 4 is 0 Å². The molecule has 0 heterocycles. The molecule has 1 aliphatic rings. The highest BCUT2D eigenvalue weighted by atomic mass is 16.3. The Morgan fingerprint density at radius 3 is 3.08 bits per heavy atom. The van der Waals surface area contributed by atoms with Crippen molar-refractivity contribution in [1.29, 1.82) is 0 Å². The van der Waals surface area contributed by atoms with Crippen LogP contribution in [0.2, 0.25) is 0 Å².